The molecule has 112 valence electrons. The van der Waals surface area contributed by atoms with E-state index >= 15 is 0 Å². The zero-order valence-electron chi connectivity index (χ0n) is 10.3. The number of alkyl halides is 4. The number of benzene rings is 2. The second-order valence-corrected chi connectivity index (χ2v) is 5.43. The van der Waals surface area contributed by atoms with Crippen molar-refractivity contribution in [1.29, 1.82) is 0 Å². The Bertz CT molecular complexity index is 626. The molecule has 0 N–H and O–H groups in total. The summed E-state index contributed by atoms with van der Waals surface area (Å²) in [6.45, 7) is 0. The van der Waals surface area contributed by atoms with Crippen molar-refractivity contribution in [1.82, 2.24) is 0 Å². The van der Waals surface area contributed by atoms with E-state index in [4.69, 9.17) is 34.8 Å². The van der Waals surface area contributed by atoms with E-state index in [1.807, 2.05) is 0 Å². The monoisotopic (exact) mass is 354 g/mol. The molecular weight excluding hydrogens is 348 g/mol. The summed E-state index contributed by atoms with van der Waals surface area (Å²) in [7, 11) is 0. The normalized spacial score (nSPS) is 13.0. The number of ether oxygens (including phenoxy) is 1. The number of hydrogen-bond acceptors (Lipinski definition) is 1. The van der Waals surface area contributed by atoms with E-state index in [-0.39, 0.29) is 5.75 Å². The Hall–Kier alpha value is -1.10. The molecule has 2 aromatic rings. The molecule has 2 aromatic carbocycles. The van der Waals surface area contributed by atoms with Gasteiger partial charge in [0.25, 0.3) is 0 Å². The lowest BCUT2D eigenvalue weighted by molar-refractivity contribution is -0.274. The number of halogens is 6. The van der Waals surface area contributed by atoms with Crippen molar-refractivity contribution in [2.45, 2.75) is 11.7 Å². The molecule has 0 saturated carbocycles. The lowest BCUT2D eigenvalue weighted by atomic mass is 10.0. The molecule has 2 rings (SSSR count). The molecule has 0 aliphatic carbocycles. The van der Waals surface area contributed by atoms with E-state index in [1.54, 1.807) is 18.2 Å². The third-order valence-electron chi connectivity index (χ3n) is 2.64. The van der Waals surface area contributed by atoms with E-state index in [9.17, 15) is 13.2 Å². The highest BCUT2D eigenvalue weighted by atomic mass is 35.5. The fourth-order valence-corrected chi connectivity index (χ4v) is 2.52. The molecule has 7 heteroatoms. The van der Waals surface area contributed by atoms with Crippen LogP contribution in [0.4, 0.5) is 13.2 Å². The molecule has 0 bridgehead atoms. The van der Waals surface area contributed by atoms with E-state index < -0.39 is 11.7 Å². The molecule has 0 radical (unpaired) electrons. The van der Waals surface area contributed by atoms with E-state index in [1.165, 1.54) is 24.3 Å². The molecular formula is C14H8Cl3F3O. The molecule has 0 saturated heterocycles. The van der Waals surface area contributed by atoms with Crippen LogP contribution in [0, 0.1) is 0 Å². The van der Waals surface area contributed by atoms with Crippen LogP contribution in [0.3, 0.4) is 0 Å². The van der Waals surface area contributed by atoms with Crippen LogP contribution in [0.1, 0.15) is 16.5 Å². The van der Waals surface area contributed by atoms with Gasteiger partial charge in [-0.2, -0.15) is 0 Å². The van der Waals surface area contributed by atoms with Gasteiger partial charge < -0.3 is 4.74 Å². The van der Waals surface area contributed by atoms with Crippen molar-refractivity contribution in [2.24, 2.45) is 0 Å². The zero-order valence-corrected chi connectivity index (χ0v) is 12.6. The maximum Gasteiger partial charge on any atom is 0.573 e. The predicted octanol–water partition coefficient (Wildman–Crippen LogP) is 6.22. The Morgan fingerprint density at radius 2 is 1.57 bits per heavy atom. The molecule has 1 unspecified atom stereocenters. The summed E-state index contributed by atoms with van der Waals surface area (Å²) in [6.07, 6.45) is -4.72. The molecule has 0 spiro atoms. The minimum absolute atomic E-state index is 0.313. The summed E-state index contributed by atoms with van der Waals surface area (Å²) in [5, 5.41) is 0.267. The summed E-state index contributed by atoms with van der Waals surface area (Å²) in [5.41, 5.74) is 1.16. The van der Waals surface area contributed by atoms with Crippen molar-refractivity contribution < 1.29 is 17.9 Å². The van der Waals surface area contributed by atoms with Gasteiger partial charge in [-0.1, -0.05) is 35.3 Å². The number of rotatable bonds is 3. The molecule has 1 atom stereocenters. The average Bonchev–Trinajstić information content (AvgIpc) is 2.40. The van der Waals surface area contributed by atoms with E-state index in [0.29, 0.717) is 21.2 Å². The Labute approximate surface area is 134 Å². The van der Waals surface area contributed by atoms with Gasteiger partial charge in [-0.05, 0) is 41.5 Å². The summed E-state index contributed by atoms with van der Waals surface area (Å²) in [6, 6.07) is 10.1. The first-order valence-corrected chi connectivity index (χ1v) is 6.90. The molecule has 0 fully saturated rings. The maximum absolute atomic E-state index is 12.1. The van der Waals surface area contributed by atoms with Crippen LogP contribution in [-0.4, -0.2) is 6.36 Å². The first kappa shape index (κ1) is 16.3. The third-order valence-corrected chi connectivity index (χ3v) is 3.70. The maximum atomic E-state index is 12.1. The highest BCUT2D eigenvalue weighted by molar-refractivity contribution is 6.35. The summed E-state index contributed by atoms with van der Waals surface area (Å²) >= 11 is 18.2. The quantitative estimate of drug-likeness (QED) is 0.594. The Morgan fingerprint density at radius 1 is 0.952 bits per heavy atom. The van der Waals surface area contributed by atoms with Gasteiger partial charge in [-0.3, -0.25) is 0 Å². The van der Waals surface area contributed by atoms with Gasteiger partial charge in [-0.25, -0.2) is 0 Å². The molecule has 0 amide bonds. The molecule has 1 nitrogen and oxygen atoms in total. The van der Waals surface area contributed by atoms with Crippen molar-refractivity contribution in [3.8, 4) is 5.75 Å². The van der Waals surface area contributed by atoms with Crippen LogP contribution in [-0.2, 0) is 0 Å². The molecule has 0 aliphatic rings. The van der Waals surface area contributed by atoms with Crippen molar-refractivity contribution >= 4 is 34.8 Å². The highest BCUT2D eigenvalue weighted by Gasteiger charge is 2.31. The SMILES string of the molecule is FC(F)(F)Oc1ccc(C(Cl)c2cc(Cl)ccc2Cl)cc1. The largest absolute Gasteiger partial charge is 0.573 e. The second kappa shape index (κ2) is 6.34. The fraction of sp³-hybridized carbons (Fsp3) is 0.143. The van der Waals surface area contributed by atoms with Gasteiger partial charge in [-0.15, -0.1) is 24.8 Å². The van der Waals surface area contributed by atoms with Crippen molar-refractivity contribution in [2.75, 3.05) is 0 Å². The Morgan fingerprint density at radius 3 is 2.14 bits per heavy atom. The minimum atomic E-state index is -4.72. The predicted molar refractivity (Wildman–Crippen MR) is 77.3 cm³/mol. The first-order valence-electron chi connectivity index (χ1n) is 5.71. The number of hydrogen-bond donors (Lipinski definition) is 0. The van der Waals surface area contributed by atoms with Crippen molar-refractivity contribution in [3.05, 3.63) is 63.6 Å². The van der Waals surface area contributed by atoms with Crippen LogP contribution < -0.4 is 4.74 Å². The van der Waals surface area contributed by atoms with Gasteiger partial charge in [0.2, 0.25) is 0 Å². The van der Waals surface area contributed by atoms with Crippen molar-refractivity contribution in [3.63, 3.8) is 0 Å². The van der Waals surface area contributed by atoms with Crippen LogP contribution >= 0.6 is 34.8 Å². The van der Waals surface area contributed by atoms with Crippen LogP contribution in [0.2, 0.25) is 10.0 Å². The van der Waals surface area contributed by atoms with Gasteiger partial charge in [0.05, 0.1) is 5.38 Å². The minimum Gasteiger partial charge on any atom is -0.406 e. The summed E-state index contributed by atoms with van der Waals surface area (Å²) in [4.78, 5) is 0. The van der Waals surface area contributed by atoms with Gasteiger partial charge in [0.15, 0.2) is 0 Å². The van der Waals surface area contributed by atoms with Gasteiger partial charge in [0.1, 0.15) is 5.75 Å². The molecule has 0 aliphatic heterocycles. The van der Waals surface area contributed by atoms with Gasteiger partial charge in [0, 0.05) is 10.0 Å². The topological polar surface area (TPSA) is 9.23 Å². The van der Waals surface area contributed by atoms with Crippen LogP contribution in [0.5, 0.6) is 5.75 Å². The van der Waals surface area contributed by atoms with Crippen LogP contribution in [0.15, 0.2) is 42.5 Å². The lowest BCUT2D eigenvalue weighted by Gasteiger charge is -2.14. The van der Waals surface area contributed by atoms with E-state index in [0.717, 1.165) is 0 Å². The van der Waals surface area contributed by atoms with Crippen LogP contribution in [0.25, 0.3) is 0 Å². The standard InChI is InChI=1S/C14H8Cl3F3O/c15-9-3-6-12(16)11(7-9)13(17)8-1-4-10(5-2-8)21-14(18,19)20/h1-7,13H. The van der Waals surface area contributed by atoms with E-state index in [2.05, 4.69) is 4.74 Å². The fourth-order valence-electron chi connectivity index (χ4n) is 1.73. The highest BCUT2D eigenvalue weighted by Crippen LogP contribution is 2.36. The second-order valence-electron chi connectivity index (χ2n) is 4.15. The third kappa shape index (κ3) is 4.43. The Balaban J connectivity index is 2.24. The molecule has 21 heavy (non-hydrogen) atoms. The smallest absolute Gasteiger partial charge is 0.406 e. The Kier molecular flexibility index (Phi) is 4.91. The summed E-state index contributed by atoms with van der Waals surface area (Å²) < 4.78 is 40.0. The molecule has 0 heterocycles. The molecule has 0 aromatic heterocycles. The summed E-state index contributed by atoms with van der Waals surface area (Å²) in [5.74, 6) is -0.313. The first-order chi connectivity index (χ1) is 9.76. The zero-order chi connectivity index (χ0) is 15.6. The lowest BCUT2D eigenvalue weighted by Crippen LogP contribution is -2.17. The average molecular weight is 356 g/mol. The van der Waals surface area contributed by atoms with Gasteiger partial charge >= 0.3 is 6.36 Å².